The minimum absolute atomic E-state index is 0.00655. The third kappa shape index (κ3) is 6.03. The van der Waals surface area contributed by atoms with Crippen LogP contribution in [0.4, 0.5) is 0 Å². The van der Waals surface area contributed by atoms with Gasteiger partial charge in [-0.1, -0.05) is 31.4 Å². The van der Waals surface area contributed by atoms with E-state index in [-0.39, 0.29) is 35.6 Å². The molecule has 2 unspecified atom stereocenters. The number of benzene rings is 1. The Kier molecular flexibility index (Phi) is 8.11. The molecule has 10 heteroatoms. The summed E-state index contributed by atoms with van der Waals surface area (Å²) in [6.45, 7) is 0.0383. The minimum atomic E-state index is -3.85. The van der Waals surface area contributed by atoms with Crippen LogP contribution in [0.5, 0.6) is 0 Å². The highest BCUT2D eigenvalue weighted by Gasteiger charge is 2.45. The maximum Gasteiger partial charge on any atom is 0.328 e. The molecule has 0 aromatic heterocycles. The molecule has 1 saturated heterocycles. The Morgan fingerprint density at radius 1 is 1.06 bits per heavy atom. The lowest BCUT2D eigenvalue weighted by atomic mass is 9.83. The van der Waals surface area contributed by atoms with Crippen LogP contribution < -0.4 is 10.0 Å². The van der Waals surface area contributed by atoms with Crippen molar-refractivity contribution in [1.29, 1.82) is 0 Å². The Bertz CT molecular complexity index is 1050. The predicted octanol–water partition coefficient (Wildman–Crippen LogP) is 1.90. The molecule has 2 fully saturated rings. The summed E-state index contributed by atoms with van der Waals surface area (Å²) in [6, 6.07) is 4.48. The molecule has 1 aromatic carbocycles. The van der Waals surface area contributed by atoms with E-state index in [1.54, 1.807) is 12.1 Å². The molecule has 1 aromatic rings. The van der Waals surface area contributed by atoms with Gasteiger partial charge in [0.25, 0.3) is 0 Å². The number of amides is 2. The van der Waals surface area contributed by atoms with E-state index in [0.29, 0.717) is 19.3 Å². The Hall–Kier alpha value is -2.46. The van der Waals surface area contributed by atoms with E-state index in [1.807, 2.05) is 6.07 Å². The van der Waals surface area contributed by atoms with Crippen LogP contribution >= 0.6 is 0 Å². The number of rotatable bonds is 2. The van der Waals surface area contributed by atoms with Crippen molar-refractivity contribution in [2.45, 2.75) is 87.2 Å². The van der Waals surface area contributed by atoms with Crippen LogP contribution in [0.1, 0.15) is 63.4 Å². The maximum atomic E-state index is 13.8. The number of sulfonamides is 1. The number of nitrogens with one attached hydrogen (secondary N) is 2. The van der Waals surface area contributed by atoms with Crippen LogP contribution in [-0.4, -0.2) is 62.9 Å². The molecule has 3 aliphatic rings. The molecule has 4 rings (SSSR count). The SMILES string of the molecule is COC(=O)C1C[C@@H]2CN1C(=O)C(C1CCCCC1)NC(=O)CCCCc1cccc(c1)S(=O)(=O)N2. The van der Waals surface area contributed by atoms with Gasteiger partial charge in [0.05, 0.1) is 12.0 Å². The van der Waals surface area contributed by atoms with E-state index >= 15 is 0 Å². The standard InChI is InChI=1S/C25H35N3O6S/c1-34-25(31)21-15-19-16-28(21)24(30)23(18-10-3-2-4-11-18)26-22(29)13-6-5-8-17-9-7-12-20(14-17)35(32,33)27-19/h7,9,12,14,18-19,21,23,27H,2-6,8,10-11,13,15-16H2,1H3,(H,26,29)/t19-,21?,23?/m1/s1. The Labute approximate surface area is 207 Å². The fourth-order valence-corrected chi connectivity index (χ4v) is 6.88. The number of carbonyl (C=O) groups is 3. The summed E-state index contributed by atoms with van der Waals surface area (Å²) < 4.78 is 33.9. The van der Waals surface area contributed by atoms with Crippen molar-refractivity contribution in [1.82, 2.24) is 14.9 Å². The molecule has 35 heavy (non-hydrogen) atoms. The van der Waals surface area contributed by atoms with E-state index in [0.717, 1.165) is 44.1 Å². The summed E-state index contributed by atoms with van der Waals surface area (Å²) in [5.41, 5.74) is 0.885. The smallest absolute Gasteiger partial charge is 0.328 e. The van der Waals surface area contributed by atoms with Crippen molar-refractivity contribution in [3.05, 3.63) is 29.8 Å². The molecule has 1 aliphatic carbocycles. The number of carbonyl (C=O) groups excluding carboxylic acids is 3. The van der Waals surface area contributed by atoms with Gasteiger partial charge in [0.2, 0.25) is 21.8 Å². The van der Waals surface area contributed by atoms with Crippen LogP contribution in [0.3, 0.4) is 0 Å². The molecule has 9 nitrogen and oxygen atoms in total. The zero-order valence-corrected chi connectivity index (χ0v) is 21.0. The molecule has 2 N–H and O–H groups in total. The van der Waals surface area contributed by atoms with Crippen LogP contribution in [0.2, 0.25) is 0 Å². The molecule has 2 amide bonds. The highest BCUT2D eigenvalue weighted by Crippen LogP contribution is 2.30. The van der Waals surface area contributed by atoms with Crippen LogP contribution in [0.25, 0.3) is 0 Å². The fraction of sp³-hybridized carbons (Fsp3) is 0.640. The van der Waals surface area contributed by atoms with E-state index in [9.17, 15) is 22.8 Å². The summed E-state index contributed by atoms with van der Waals surface area (Å²) in [5.74, 6) is -1.10. The lowest BCUT2D eigenvalue weighted by molar-refractivity contribution is -0.152. The number of ether oxygens (including phenoxy) is 1. The third-order valence-electron chi connectivity index (χ3n) is 7.41. The zero-order chi connectivity index (χ0) is 25.0. The van der Waals surface area contributed by atoms with E-state index in [1.165, 1.54) is 18.1 Å². The van der Waals surface area contributed by atoms with Crippen molar-refractivity contribution in [2.24, 2.45) is 5.92 Å². The summed E-state index contributed by atoms with van der Waals surface area (Å²) in [7, 11) is -2.59. The second-order valence-corrected chi connectivity index (χ2v) is 11.6. The summed E-state index contributed by atoms with van der Waals surface area (Å²) in [5, 5.41) is 2.98. The van der Waals surface area contributed by atoms with E-state index in [4.69, 9.17) is 4.74 Å². The molecule has 4 bridgehead atoms. The van der Waals surface area contributed by atoms with Gasteiger partial charge >= 0.3 is 5.97 Å². The number of esters is 1. The van der Waals surface area contributed by atoms with E-state index < -0.39 is 34.1 Å². The highest BCUT2D eigenvalue weighted by molar-refractivity contribution is 7.89. The first-order valence-corrected chi connectivity index (χ1v) is 14.1. The molecule has 192 valence electrons. The number of hydrogen-bond acceptors (Lipinski definition) is 6. The van der Waals surface area contributed by atoms with Gasteiger partial charge in [0.1, 0.15) is 12.1 Å². The van der Waals surface area contributed by atoms with Crippen molar-refractivity contribution in [3.8, 4) is 0 Å². The molecule has 2 aliphatic heterocycles. The Morgan fingerprint density at radius 2 is 1.80 bits per heavy atom. The Balaban J connectivity index is 1.67. The van der Waals surface area contributed by atoms with Gasteiger partial charge in [-0.25, -0.2) is 17.9 Å². The second-order valence-electron chi connectivity index (χ2n) is 9.88. The van der Waals surface area contributed by atoms with Gasteiger partial charge in [0, 0.05) is 19.0 Å². The summed E-state index contributed by atoms with van der Waals surface area (Å²) >= 11 is 0. The quantitative estimate of drug-likeness (QED) is 0.592. The van der Waals surface area contributed by atoms with Crippen molar-refractivity contribution in [3.63, 3.8) is 0 Å². The van der Waals surface area contributed by atoms with E-state index in [2.05, 4.69) is 10.0 Å². The first-order chi connectivity index (χ1) is 16.8. The van der Waals surface area contributed by atoms with Crippen molar-refractivity contribution >= 4 is 27.8 Å². The molecule has 0 radical (unpaired) electrons. The van der Waals surface area contributed by atoms with Gasteiger partial charge in [0.15, 0.2) is 0 Å². The van der Waals surface area contributed by atoms with Gasteiger partial charge in [-0.3, -0.25) is 9.59 Å². The summed E-state index contributed by atoms with van der Waals surface area (Å²) in [6.07, 6.45) is 7.16. The molecule has 1 saturated carbocycles. The molecular formula is C25H35N3O6S. The predicted molar refractivity (Wildman–Crippen MR) is 129 cm³/mol. The monoisotopic (exact) mass is 505 g/mol. The summed E-state index contributed by atoms with van der Waals surface area (Å²) in [4.78, 5) is 40.8. The van der Waals surface area contributed by atoms with Gasteiger partial charge < -0.3 is 15.0 Å². The minimum Gasteiger partial charge on any atom is -0.467 e. The topological polar surface area (TPSA) is 122 Å². The fourth-order valence-electron chi connectivity index (χ4n) is 5.57. The number of hydrogen-bond donors (Lipinski definition) is 2. The van der Waals surface area contributed by atoms with Crippen LogP contribution in [0.15, 0.2) is 29.2 Å². The lowest BCUT2D eigenvalue weighted by Crippen LogP contribution is -2.55. The van der Waals surface area contributed by atoms with Crippen LogP contribution in [0, 0.1) is 5.92 Å². The number of aryl methyl sites for hydroxylation is 1. The second kappa shape index (κ2) is 11.1. The molecule has 0 spiro atoms. The molecule has 2 heterocycles. The first-order valence-electron chi connectivity index (χ1n) is 12.6. The average Bonchev–Trinajstić information content (AvgIpc) is 3.27. The van der Waals surface area contributed by atoms with Gasteiger partial charge in [-0.05, 0) is 62.1 Å². The largest absolute Gasteiger partial charge is 0.467 e. The zero-order valence-electron chi connectivity index (χ0n) is 20.2. The van der Waals surface area contributed by atoms with Gasteiger partial charge in [-0.2, -0.15) is 0 Å². The van der Waals surface area contributed by atoms with Crippen molar-refractivity contribution < 1.29 is 27.5 Å². The highest BCUT2D eigenvalue weighted by atomic mass is 32.2. The average molecular weight is 506 g/mol. The first kappa shape index (κ1) is 25.6. The maximum absolute atomic E-state index is 13.8. The lowest BCUT2D eigenvalue weighted by Gasteiger charge is -2.34. The normalized spacial score (nSPS) is 28.4. The Morgan fingerprint density at radius 3 is 2.54 bits per heavy atom. The van der Waals surface area contributed by atoms with Gasteiger partial charge in [-0.15, -0.1) is 0 Å². The van der Waals surface area contributed by atoms with Crippen LogP contribution in [-0.2, 0) is 35.6 Å². The molecular weight excluding hydrogens is 470 g/mol. The third-order valence-corrected chi connectivity index (χ3v) is 8.93. The number of methoxy groups -OCH3 is 1. The molecule has 3 atom stereocenters. The number of nitrogens with zero attached hydrogens (tertiary/aromatic N) is 1. The number of fused-ring (bicyclic) bond motifs is 4. The van der Waals surface area contributed by atoms with Crippen molar-refractivity contribution in [2.75, 3.05) is 13.7 Å².